The summed E-state index contributed by atoms with van der Waals surface area (Å²) in [7, 11) is 1.73. The van der Waals surface area contributed by atoms with Crippen LogP contribution in [0.1, 0.15) is 32.3 Å². The van der Waals surface area contributed by atoms with Gasteiger partial charge in [0.25, 0.3) is 0 Å². The van der Waals surface area contributed by atoms with Crippen molar-refractivity contribution in [3.05, 3.63) is 29.6 Å². The molecule has 6 nitrogen and oxygen atoms in total. The quantitative estimate of drug-likeness (QED) is 0.309. The number of hydrogen-bond donors (Lipinski definition) is 3. The Balaban J connectivity index is 0.00000364. The third-order valence-electron chi connectivity index (χ3n) is 4.48. The second kappa shape index (κ2) is 12.4. The predicted octanol–water partition coefficient (Wildman–Crippen LogP) is 2.70. The Morgan fingerprint density at radius 2 is 2.07 bits per heavy atom. The van der Waals surface area contributed by atoms with Gasteiger partial charge in [-0.2, -0.15) is 0 Å². The number of phenolic OH excluding ortho intramolecular Hbond substituents is 1. The van der Waals surface area contributed by atoms with E-state index in [1.54, 1.807) is 13.1 Å². The summed E-state index contributed by atoms with van der Waals surface area (Å²) in [5.74, 6) is -0.233. The van der Waals surface area contributed by atoms with Crippen molar-refractivity contribution in [1.82, 2.24) is 15.5 Å². The first kappa shape index (κ1) is 23.9. The van der Waals surface area contributed by atoms with Gasteiger partial charge in [0.2, 0.25) is 0 Å². The highest BCUT2D eigenvalue weighted by atomic mass is 127. The number of aliphatic imine (C=N–C) groups is 1. The van der Waals surface area contributed by atoms with E-state index in [1.165, 1.54) is 12.1 Å². The summed E-state index contributed by atoms with van der Waals surface area (Å²) in [5, 5.41) is 15.9. The van der Waals surface area contributed by atoms with Gasteiger partial charge in [-0.05, 0) is 44.4 Å². The molecule has 0 bridgehead atoms. The lowest BCUT2D eigenvalue weighted by Gasteiger charge is -2.33. The molecule has 27 heavy (non-hydrogen) atoms. The zero-order valence-corrected chi connectivity index (χ0v) is 18.7. The zero-order chi connectivity index (χ0) is 18.9. The number of nitrogens with one attached hydrogen (secondary N) is 2. The predicted molar refractivity (Wildman–Crippen MR) is 117 cm³/mol. The molecular formula is C19H32FIN4O2. The third kappa shape index (κ3) is 8.61. The summed E-state index contributed by atoms with van der Waals surface area (Å²) in [6.07, 6.45) is 2.39. The molecule has 8 heteroatoms. The van der Waals surface area contributed by atoms with E-state index in [9.17, 15) is 9.50 Å². The number of nitrogens with zero attached hydrogens (tertiary/aromatic N) is 2. The Kier molecular flexibility index (Phi) is 10.9. The van der Waals surface area contributed by atoms with Gasteiger partial charge in [-0.1, -0.05) is 6.07 Å². The standard InChI is InChI=1S/C19H31FN4O2.HI/c1-14(2)26-11-10-24-8-6-16(7-9-24)23-19(21-3)22-13-15-4-5-18(25)17(20)12-15;/h4-5,12,14,16,25H,6-11,13H2,1-3H3,(H2,21,22,23);1H. The van der Waals surface area contributed by atoms with Crippen LogP contribution in [0.5, 0.6) is 5.75 Å². The van der Waals surface area contributed by atoms with Crippen LogP contribution in [-0.2, 0) is 11.3 Å². The SMILES string of the molecule is CN=C(NCc1ccc(O)c(F)c1)NC1CCN(CCOC(C)C)CC1.I. The second-order valence-electron chi connectivity index (χ2n) is 6.89. The number of guanidine groups is 1. The molecule has 1 aliphatic rings. The molecule has 0 unspecified atom stereocenters. The first-order valence-corrected chi connectivity index (χ1v) is 9.26. The average molecular weight is 494 g/mol. The fraction of sp³-hybridized carbons (Fsp3) is 0.632. The molecule has 0 aromatic heterocycles. The smallest absolute Gasteiger partial charge is 0.191 e. The summed E-state index contributed by atoms with van der Waals surface area (Å²) in [6, 6.07) is 4.75. The first-order valence-electron chi connectivity index (χ1n) is 9.26. The van der Waals surface area contributed by atoms with Gasteiger partial charge < -0.3 is 25.4 Å². The second-order valence-corrected chi connectivity index (χ2v) is 6.89. The molecule has 1 heterocycles. The van der Waals surface area contributed by atoms with Crippen molar-refractivity contribution in [2.24, 2.45) is 4.99 Å². The zero-order valence-electron chi connectivity index (χ0n) is 16.4. The van der Waals surface area contributed by atoms with Gasteiger partial charge in [0.05, 0.1) is 12.7 Å². The highest BCUT2D eigenvalue weighted by Gasteiger charge is 2.19. The van der Waals surface area contributed by atoms with Gasteiger partial charge in [-0.3, -0.25) is 4.99 Å². The van der Waals surface area contributed by atoms with Gasteiger partial charge in [-0.15, -0.1) is 24.0 Å². The molecule has 0 spiro atoms. The maximum atomic E-state index is 13.4. The van der Waals surface area contributed by atoms with Crippen LogP contribution < -0.4 is 10.6 Å². The van der Waals surface area contributed by atoms with Crippen LogP contribution in [0.15, 0.2) is 23.2 Å². The maximum absolute atomic E-state index is 13.4. The number of likely N-dealkylation sites (tertiary alicyclic amines) is 1. The van der Waals surface area contributed by atoms with Crippen LogP contribution in [0.3, 0.4) is 0 Å². The summed E-state index contributed by atoms with van der Waals surface area (Å²) in [6.45, 7) is 8.40. The molecule has 0 amide bonds. The molecule has 1 aromatic carbocycles. The monoisotopic (exact) mass is 494 g/mol. The van der Waals surface area contributed by atoms with Gasteiger partial charge in [-0.25, -0.2) is 4.39 Å². The molecule has 0 radical (unpaired) electrons. The molecule has 1 aliphatic heterocycles. The minimum absolute atomic E-state index is 0. The fourth-order valence-corrected chi connectivity index (χ4v) is 2.95. The number of benzene rings is 1. The first-order chi connectivity index (χ1) is 12.5. The highest BCUT2D eigenvalue weighted by Crippen LogP contribution is 2.16. The van der Waals surface area contributed by atoms with Crippen molar-refractivity contribution in [2.45, 2.75) is 45.4 Å². The number of phenols is 1. The molecule has 0 aliphatic carbocycles. The van der Waals surface area contributed by atoms with Crippen molar-refractivity contribution >= 4 is 29.9 Å². The highest BCUT2D eigenvalue weighted by molar-refractivity contribution is 14.0. The number of rotatable bonds is 7. The number of hydrogen-bond acceptors (Lipinski definition) is 4. The Labute approximate surface area is 178 Å². The van der Waals surface area contributed by atoms with Crippen LogP contribution in [-0.4, -0.2) is 61.4 Å². The topological polar surface area (TPSA) is 69.1 Å². The lowest BCUT2D eigenvalue weighted by molar-refractivity contribution is 0.0532. The van der Waals surface area contributed by atoms with Crippen molar-refractivity contribution < 1.29 is 14.2 Å². The van der Waals surface area contributed by atoms with Gasteiger partial charge in [0, 0.05) is 39.3 Å². The number of piperidine rings is 1. The Bertz CT molecular complexity index is 593. The minimum atomic E-state index is -0.610. The number of ether oxygens (including phenoxy) is 1. The molecule has 2 rings (SSSR count). The lowest BCUT2D eigenvalue weighted by atomic mass is 10.1. The van der Waals surface area contributed by atoms with Crippen LogP contribution in [0.4, 0.5) is 4.39 Å². The van der Waals surface area contributed by atoms with E-state index < -0.39 is 5.82 Å². The van der Waals surface area contributed by atoms with E-state index in [2.05, 4.69) is 34.4 Å². The Morgan fingerprint density at radius 1 is 1.37 bits per heavy atom. The summed E-state index contributed by atoms with van der Waals surface area (Å²) >= 11 is 0. The molecule has 1 saturated heterocycles. The summed E-state index contributed by atoms with van der Waals surface area (Å²) in [4.78, 5) is 6.67. The van der Waals surface area contributed by atoms with Gasteiger partial charge >= 0.3 is 0 Å². The molecule has 3 N–H and O–H groups in total. The summed E-state index contributed by atoms with van der Waals surface area (Å²) in [5.41, 5.74) is 0.753. The summed E-state index contributed by atoms with van der Waals surface area (Å²) < 4.78 is 19.0. The van der Waals surface area contributed by atoms with E-state index in [0.717, 1.165) is 44.6 Å². The van der Waals surface area contributed by atoms with Crippen molar-refractivity contribution in [3.8, 4) is 5.75 Å². The van der Waals surface area contributed by atoms with Crippen LogP contribution >= 0.6 is 24.0 Å². The van der Waals surface area contributed by atoms with E-state index >= 15 is 0 Å². The van der Waals surface area contributed by atoms with Crippen LogP contribution in [0, 0.1) is 5.82 Å². The fourth-order valence-electron chi connectivity index (χ4n) is 2.95. The minimum Gasteiger partial charge on any atom is -0.505 e. The van der Waals surface area contributed by atoms with E-state index in [4.69, 9.17) is 4.74 Å². The molecule has 0 atom stereocenters. The molecular weight excluding hydrogens is 462 g/mol. The van der Waals surface area contributed by atoms with E-state index in [-0.39, 0.29) is 35.8 Å². The van der Waals surface area contributed by atoms with Gasteiger partial charge in [0.15, 0.2) is 17.5 Å². The van der Waals surface area contributed by atoms with Crippen molar-refractivity contribution in [2.75, 3.05) is 33.3 Å². The lowest BCUT2D eigenvalue weighted by Crippen LogP contribution is -2.49. The Hall–Kier alpha value is -1.13. The van der Waals surface area contributed by atoms with Gasteiger partial charge in [0.1, 0.15) is 0 Å². The third-order valence-corrected chi connectivity index (χ3v) is 4.48. The number of halogens is 2. The van der Waals surface area contributed by atoms with E-state index in [1.807, 2.05) is 0 Å². The average Bonchev–Trinajstić information content (AvgIpc) is 2.62. The Morgan fingerprint density at radius 3 is 2.67 bits per heavy atom. The van der Waals surface area contributed by atoms with E-state index in [0.29, 0.717) is 18.5 Å². The molecule has 1 aromatic rings. The normalized spacial score (nSPS) is 16.3. The number of aromatic hydroxyl groups is 1. The molecule has 154 valence electrons. The van der Waals surface area contributed by atoms with Crippen LogP contribution in [0.2, 0.25) is 0 Å². The van der Waals surface area contributed by atoms with Crippen LogP contribution in [0.25, 0.3) is 0 Å². The van der Waals surface area contributed by atoms with Crippen molar-refractivity contribution in [3.63, 3.8) is 0 Å². The van der Waals surface area contributed by atoms with Crippen molar-refractivity contribution in [1.29, 1.82) is 0 Å². The molecule has 1 fully saturated rings. The maximum Gasteiger partial charge on any atom is 0.191 e. The largest absolute Gasteiger partial charge is 0.505 e. The molecule has 0 saturated carbocycles.